The monoisotopic (exact) mass is 390 g/mol. The zero-order valence-corrected chi connectivity index (χ0v) is 16.5. The van der Waals surface area contributed by atoms with Gasteiger partial charge in [-0.3, -0.25) is 0 Å². The Morgan fingerprint density at radius 2 is 0.600 bits per heavy atom. The summed E-state index contributed by atoms with van der Waals surface area (Å²) in [5.74, 6) is 0. The van der Waals surface area contributed by atoms with Gasteiger partial charge < -0.3 is 0 Å². The first kappa shape index (κ1) is 42.7. The van der Waals surface area contributed by atoms with Gasteiger partial charge in [0.05, 0.1) is 0 Å². The second kappa shape index (κ2) is 81.1. The molecule has 68 valence electrons. The van der Waals surface area contributed by atoms with Crippen LogP contribution in [0, 0.1) is 0 Å². The van der Waals surface area contributed by atoms with Gasteiger partial charge in [-0.2, -0.15) is 0 Å². The molecule has 0 amide bonds. The summed E-state index contributed by atoms with van der Waals surface area (Å²) in [6, 6.07) is 0. The van der Waals surface area contributed by atoms with Crippen LogP contribution in [0.3, 0.4) is 0 Å². The third-order valence-electron chi connectivity index (χ3n) is 0. The average Bonchev–Trinajstić information content (AvgIpc) is 1.92. The van der Waals surface area contributed by atoms with Gasteiger partial charge in [0.15, 0.2) is 0 Å². The average molecular weight is 390 g/mol. The standard InChI is InChI=1S/4Al.Ca.Mg.8O.Sr.2H/q;;;;;+2;;;;;4*-1;+2;;. The van der Waals surface area contributed by atoms with Crippen molar-refractivity contribution >= 4 is 168 Å². The minimum absolute atomic E-state index is 0. The van der Waals surface area contributed by atoms with E-state index in [1.807, 2.05) is 0 Å². The summed E-state index contributed by atoms with van der Waals surface area (Å²) in [7, 11) is 0. The first-order valence-electron chi connectivity index (χ1n) is 1.89. The molecule has 0 saturated carbocycles. The third-order valence-corrected chi connectivity index (χ3v) is 0. The molecule has 0 aromatic rings. The molecule has 0 spiro atoms. The van der Waals surface area contributed by atoms with Crippen molar-refractivity contribution in [2.75, 3.05) is 0 Å². The quantitative estimate of drug-likeness (QED) is 0.369. The van der Waals surface area contributed by atoms with Crippen molar-refractivity contribution in [1.82, 2.24) is 0 Å². The van der Waals surface area contributed by atoms with E-state index in [-0.39, 0.29) is 106 Å². The molecule has 0 aliphatic carbocycles. The summed E-state index contributed by atoms with van der Waals surface area (Å²) < 4.78 is 67.7. The van der Waals surface area contributed by atoms with E-state index in [1.54, 1.807) is 0 Å². The minimum Gasteiger partial charge on any atom is 2.00 e. The van der Waals surface area contributed by atoms with E-state index < -0.39 is 61.9 Å². The molecular formula is H2Al4CaMgO8Sr. The molecule has 0 unspecified atom stereocenters. The van der Waals surface area contributed by atoms with Crippen molar-refractivity contribution in [3.63, 3.8) is 0 Å². The molecule has 0 aliphatic rings. The Morgan fingerprint density at radius 1 is 0.600 bits per heavy atom. The van der Waals surface area contributed by atoms with Gasteiger partial charge in [-0.15, -0.1) is 0 Å². The Morgan fingerprint density at radius 3 is 0.600 bits per heavy atom. The van der Waals surface area contributed by atoms with E-state index in [1.165, 1.54) is 0 Å². The molecule has 0 fully saturated rings. The van der Waals surface area contributed by atoms with Gasteiger partial charge in [0, 0.05) is 0 Å². The Bertz CT molecular complexity index is 80.6. The van der Waals surface area contributed by atoms with Crippen LogP contribution in [0.2, 0.25) is 0 Å². The molecule has 0 aliphatic heterocycles. The van der Waals surface area contributed by atoms with Crippen LogP contribution in [0.15, 0.2) is 0 Å². The van der Waals surface area contributed by atoms with Crippen LogP contribution in [0.1, 0.15) is 0 Å². The van der Waals surface area contributed by atoms with Crippen molar-refractivity contribution in [3.05, 3.63) is 0 Å². The number of rotatable bonds is 0. The molecule has 0 radical (unpaired) electrons. The predicted octanol–water partition coefficient (Wildman–Crippen LogP) is -8.43. The maximum Gasteiger partial charge on any atom is 2.00 e. The van der Waals surface area contributed by atoms with Crippen LogP contribution in [0.4, 0.5) is 0 Å². The molecule has 0 rings (SSSR count). The number of hydrogen-bond acceptors (Lipinski definition) is 8. The number of hydrogen-bond donors (Lipinski definition) is 0. The largest absolute Gasteiger partial charge is 2.00 e. The van der Waals surface area contributed by atoms with E-state index in [0.717, 1.165) is 0 Å². The first-order valence-corrected chi connectivity index (χ1v) is 5.66. The second-order valence-electron chi connectivity index (χ2n) is 0.385. The Kier molecular flexibility index (Phi) is 231. The SMILES string of the molecule is [CaH2].[Mg+2].[O]=[Al][O-].[O]=[Al][O-].[O]=[Al][O-].[O]=[Al][O-].[Sr+2]. The summed E-state index contributed by atoms with van der Waals surface area (Å²) in [5.41, 5.74) is 0. The Balaban J connectivity index is -0.0000000107. The Hall–Kier alpha value is 4.04. The molecule has 0 N–H and O–H groups in total. The van der Waals surface area contributed by atoms with Crippen LogP contribution in [0.25, 0.3) is 0 Å². The fourth-order valence-electron chi connectivity index (χ4n) is 0. The molecular weight excluding hydrogens is 388 g/mol. The normalized spacial score (nSPS) is 2.13. The molecule has 0 bridgehead atoms. The van der Waals surface area contributed by atoms with Crippen LogP contribution in [-0.2, 0) is 15.2 Å². The predicted molar refractivity (Wildman–Crippen MR) is 45.8 cm³/mol. The summed E-state index contributed by atoms with van der Waals surface area (Å²) in [4.78, 5) is 0. The maximum absolute atomic E-state index is 8.46. The molecule has 0 aromatic carbocycles. The molecule has 0 atom stereocenters. The van der Waals surface area contributed by atoms with Gasteiger partial charge in [0.25, 0.3) is 0 Å². The topological polar surface area (TPSA) is 161 Å². The van der Waals surface area contributed by atoms with Crippen molar-refractivity contribution in [1.29, 1.82) is 0 Å². The van der Waals surface area contributed by atoms with E-state index in [4.69, 9.17) is 31.8 Å². The van der Waals surface area contributed by atoms with Crippen molar-refractivity contribution < 1.29 is 31.8 Å². The fraction of sp³-hybridized carbons (Fsp3) is 0. The van der Waals surface area contributed by atoms with Gasteiger partial charge >= 0.3 is 200 Å². The molecule has 0 heterocycles. The molecule has 0 aromatic heterocycles. The summed E-state index contributed by atoms with van der Waals surface area (Å²) in [6.07, 6.45) is 0. The van der Waals surface area contributed by atoms with Crippen molar-refractivity contribution in [3.8, 4) is 0 Å². The second-order valence-corrected chi connectivity index (χ2v) is 1.15. The van der Waals surface area contributed by atoms with Crippen LogP contribution >= 0.6 is 0 Å². The molecule has 0 saturated heterocycles. The summed E-state index contributed by atoms with van der Waals surface area (Å²) in [6.45, 7) is 0. The van der Waals surface area contributed by atoms with Crippen LogP contribution in [-0.4, -0.2) is 168 Å². The van der Waals surface area contributed by atoms with Gasteiger partial charge in [-0.25, -0.2) is 0 Å². The van der Waals surface area contributed by atoms with E-state index >= 15 is 0 Å². The smallest absolute Gasteiger partial charge is 2.00 e. The van der Waals surface area contributed by atoms with Gasteiger partial charge in [-0.1, -0.05) is 0 Å². The fourth-order valence-corrected chi connectivity index (χ4v) is 0. The summed E-state index contributed by atoms with van der Waals surface area (Å²) >= 11 is -7.00. The van der Waals surface area contributed by atoms with Crippen LogP contribution in [0.5, 0.6) is 0 Å². The molecule has 15 heteroatoms. The van der Waals surface area contributed by atoms with Gasteiger partial charge in [-0.05, 0) is 0 Å². The minimum atomic E-state index is -1.75. The van der Waals surface area contributed by atoms with Gasteiger partial charge in [0.2, 0.25) is 0 Å². The van der Waals surface area contributed by atoms with E-state index in [0.29, 0.717) is 0 Å². The van der Waals surface area contributed by atoms with Crippen molar-refractivity contribution in [2.24, 2.45) is 0 Å². The zero-order valence-electron chi connectivity index (χ0n) is 6.99. The maximum atomic E-state index is 8.46. The molecule has 15 heavy (non-hydrogen) atoms. The Labute approximate surface area is 195 Å². The van der Waals surface area contributed by atoms with E-state index in [9.17, 15) is 0 Å². The van der Waals surface area contributed by atoms with E-state index in [2.05, 4.69) is 0 Å². The van der Waals surface area contributed by atoms with Crippen molar-refractivity contribution in [2.45, 2.75) is 0 Å². The van der Waals surface area contributed by atoms with Gasteiger partial charge in [0.1, 0.15) is 0 Å². The molecule has 8 nitrogen and oxygen atoms in total. The van der Waals surface area contributed by atoms with Crippen LogP contribution < -0.4 is 16.6 Å². The first-order chi connectivity index (χ1) is 5.66. The zero-order chi connectivity index (χ0) is 10.8. The summed E-state index contributed by atoms with van der Waals surface area (Å²) in [5, 5.41) is 0. The third kappa shape index (κ3) is 285.